The Hall–Kier alpha value is -3.27. The van der Waals surface area contributed by atoms with E-state index >= 15 is 0 Å². The monoisotopic (exact) mass is 543 g/mol. The van der Waals surface area contributed by atoms with Crippen molar-refractivity contribution in [3.63, 3.8) is 0 Å². The van der Waals surface area contributed by atoms with E-state index in [0.29, 0.717) is 15.8 Å². The van der Waals surface area contributed by atoms with Crippen LogP contribution in [0.1, 0.15) is 10.4 Å². The number of sulfonamides is 1. The number of hydrogen-bond acceptors (Lipinski definition) is 5. The summed E-state index contributed by atoms with van der Waals surface area (Å²) in [6.07, 6.45) is 0. The Bertz CT molecular complexity index is 1490. The summed E-state index contributed by atoms with van der Waals surface area (Å²) in [5.74, 6) is -0.874. The van der Waals surface area contributed by atoms with Crippen LogP contribution in [0.2, 0.25) is 5.02 Å². The number of fused-ring (bicyclic) bond motifs is 1. The van der Waals surface area contributed by atoms with Crippen LogP contribution in [0.3, 0.4) is 0 Å². The highest BCUT2D eigenvalue weighted by Gasteiger charge is 2.18. The number of azo groups is 1. The second-order valence-electron chi connectivity index (χ2n) is 6.91. The van der Waals surface area contributed by atoms with Crippen molar-refractivity contribution in [3.05, 3.63) is 93.9 Å². The van der Waals surface area contributed by atoms with E-state index < -0.39 is 15.9 Å². The van der Waals surface area contributed by atoms with E-state index in [0.717, 1.165) is 4.47 Å². The van der Waals surface area contributed by atoms with Gasteiger partial charge in [-0.3, -0.25) is 9.52 Å². The van der Waals surface area contributed by atoms with Crippen molar-refractivity contribution in [2.24, 2.45) is 10.2 Å². The number of amides is 1. The highest BCUT2D eigenvalue weighted by Crippen LogP contribution is 2.40. The largest absolute Gasteiger partial charge is 0.505 e. The van der Waals surface area contributed by atoms with Gasteiger partial charge in [0, 0.05) is 25.8 Å². The van der Waals surface area contributed by atoms with Gasteiger partial charge in [-0.15, -0.1) is 10.2 Å². The Labute approximate surface area is 202 Å². The maximum absolute atomic E-state index is 12.9. The molecule has 4 aromatic rings. The third-order valence-corrected chi connectivity index (χ3v) is 6.87. The summed E-state index contributed by atoms with van der Waals surface area (Å²) in [4.78, 5) is 12.4. The molecule has 7 nitrogen and oxygen atoms in total. The van der Waals surface area contributed by atoms with Gasteiger partial charge in [0.2, 0.25) is 0 Å². The molecule has 0 aliphatic carbocycles. The molecule has 2 N–H and O–H groups in total. The summed E-state index contributed by atoms with van der Waals surface area (Å²) in [6, 6.07) is 20.3. The SMILES string of the molecule is O=C(N=Nc1cc(NS(=O)(=O)c2ccc(Br)cc2)c2ccccc2c1O)c1ccc(Cl)cc1. The summed E-state index contributed by atoms with van der Waals surface area (Å²) in [5.41, 5.74) is 0.378. The van der Waals surface area contributed by atoms with Crippen LogP contribution in [0, 0.1) is 0 Å². The summed E-state index contributed by atoms with van der Waals surface area (Å²) in [6.45, 7) is 0. The average Bonchev–Trinajstić information content (AvgIpc) is 2.80. The van der Waals surface area contributed by atoms with Gasteiger partial charge in [-0.25, -0.2) is 8.42 Å². The molecule has 4 rings (SSSR count). The second-order valence-corrected chi connectivity index (χ2v) is 9.94. The number of phenols is 1. The van der Waals surface area contributed by atoms with Gasteiger partial charge in [0.05, 0.1) is 10.6 Å². The van der Waals surface area contributed by atoms with Gasteiger partial charge in [0.15, 0.2) is 5.75 Å². The Kier molecular flexibility index (Phi) is 6.46. The zero-order chi connectivity index (χ0) is 23.6. The molecule has 0 fully saturated rings. The van der Waals surface area contributed by atoms with E-state index in [1.807, 2.05) is 0 Å². The maximum atomic E-state index is 12.9. The summed E-state index contributed by atoms with van der Waals surface area (Å²) in [5, 5.41) is 19.5. The van der Waals surface area contributed by atoms with Gasteiger partial charge in [-0.05, 0) is 54.6 Å². The molecule has 1 amide bonds. The van der Waals surface area contributed by atoms with E-state index in [4.69, 9.17) is 11.6 Å². The van der Waals surface area contributed by atoms with Crippen LogP contribution < -0.4 is 4.72 Å². The number of halogens is 2. The Morgan fingerprint density at radius 3 is 2.24 bits per heavy atom. The number of carbonyl (C=O) groups is 1. The molecule has 0 heterocycles. The number of phenolic OH excluding ortho intramolecular Hbond substituents is 1. The Balaban J connectivity index is 1.74. The van der Waals surface area contributed by atoms with E-state index in [1.54, 1.807) is 48.5 Å². The number of carbonyl (C=O) groups excluding carboxylic acids is 1. The molecule has 10 heteroatoms. The first-order chi connectivity index (χ1) is 15.7. The van der Waals surface area contributed by atoms with Gasteiger partial charge in [-0.1, -0.05) is 51.8 Å². The predicted octanol–water partition coefficient (Wildman–Crippen LogP) is 6.69. The highest BCUT2D eigenvalue weighted by molar-refractivity contribution is 9.10. The van der Waals surface area contributed by atoms with Crippen LogP contribution in [0.5, 0.6) is 5.75 Å². The lowest BCUT2D eigenvalue weighted by atomic mass is 10.1. The highest BCUT2D eigenvalue weighted by atomic mass is 79.9. The fraction of sp³-hybridized carbons (Fsp3) is 0. The Morgan fingerprint density at radius 1 is 0.939 bits per heavy atom. The molecule has 0 saturated heterocycles. The molecule has 0 saturated carbocycles. The van der Waals surface area contributed by atoms with Crippen molar-refractivity contribution < 1.29 is 18.3 Å². The molecule has 166 valence electrons. The van der Waals surface area contributed by atoms with Crippen molar-refractivity contribution in [1.82, 2.24) is 0 Å². The first kappa shape index (κ1) is 22.9. The van der Waals surface area contributed by atoms with Crippen molar-refractivity contribution in [3.8, 4) is 5.75 Å². The lowest BCUT2D eigenvalue weighted by molar-refractivity contribution is 0.0995. The molecule has 0 bridgehead atoms. The molecule has 0 unspecified atom stereocenters. The summed E-state index contributed by atoms with van der Waals surface area (Å²) in [7, 11) is -3.93. The smallest absolute Gasteiger partial charge is 0.295 e. The minimum Gasteiger partial charge on any atom is -0.505 e. The van der Waals surface area contributed by atoms with Gasteiger partial charge in [0.1, 0.15) is 5.69 Å². The summed E-state index contributed by atoms with van der Waals surface area (Å²) >= 11 is 9.11. The maximum Gasteiger partial charge on any atom is 0.295 e. The molecular weight excluding hydrogens is 530 g/mol. The van der Waals surface area contributed by atoms with Gasteiger partial charge in [0.25, 0.3) is 15.9 Å². The van der Waals surface area contributed by atoms with Crippen molar-refractivity contribution in [2.45, 2.75) is 4.90 Å². The zero-order valence-electron chi connectivity index (χ0n) is 16.7. The minimum absolute atomic E-state index is 0.0592. The van der Waals surface area contributed by atoms with Crippen molar-refractivity contribution in [2.75, 3.05) is 4.72 Å². The predicted molar refractivity (Wildman–Crippen MR) is 131 cm³/mol. The average molecular weight is 545 g/mol. The number of hydrogen-bond donors (Lipinski definition) is 2. The molecule has 0 aromatic heterocycles. The minimum atomic E-state index is -3.93. The molecule has 4 aromatic carbocycles. The van der Waals surface area contributed by atoms with Gasteiger partial charge < -0.3 is 5.11 Å². The molecule has 0 aliphatic rings. The standard InChI is InChI=1S/C23H15BrClN3O4S/c24-15-7-11-17(12-8-15)33(31,32)28-20-13-21(22(29)19-4-2-1-3-18(19)20)26-27-23(30)14-5-9-16(25)10-6-14/h1-13,28-29H. The van der Waals surface area contributed by atoms with Crippen molar-refractivity contribution >= 4 is 65.6 Å². The van der Waals surface area contributed by atoms with E-state index in [9.17, 15) is 18.3 Å². The van der Waals surface area contributed by atoms with E-state index in [-0.39, 0.29) is 27.6 Å². The number of aromatic hydroxyl groups is 1. The third kappa shape index (κ3) is 5.05. The van der Waals surface area contributed by atoms with Crippen LogP contribution in [0.15, 0.2) is 98.5 Å². The Morgan fingerprint density at radius 2 is 1.58 bits per heavy atom. The number of nitrogens with one attached hydrogen (secondary N) is 1. The second kappa shape index (κ2) is 9.30. The topological polar surface area (TPSA) is 108 Å². The van der Waals surface area contributed by atoms with Crippen LogP contribution in [-0.4, -0.2) is 19.4 Å². The lowest BCUT2D eigenvalue weighted by Crippen LogP contribution is -2.13. The molecule has 0 aliphatic heterocycles. The third-order valence-electron chi connectivity index (χ3n) is 4.70. The van der Waals surface area contributed by atoms with Crippen LogP contribution >= 0.6 is 27.5 Å². The number of benzene rings is 4. The van der Waals surface area contributed by atoms with Gasteiger partial charge >= 0.3 is 0 Å². The molecule has 0 spiro atoms. The van der Waals surface area contributed by atoms with Crippen LogP contribution in [0.4, 0.5) is 11.4 Å². The summed E-state index contributed by atoms with van der Waals surface area (Å²) < 4.78 is 29.1. The fourth-order valence-electron chi connectivity index (χ4n) is 3.07. The number of nitrogens with zero attached hydrogens (tertiary/aromatic N) is 2. The van der Waals surface area contributed by atoms with E-state index in [1.165, 1.54) is 30.3 Å². The first-order valence-electron chi connectivity index (χ1n) is 9.49. The molecular formula is C23H15BrClN3O4S. The fourth-order valence-corrected chi connectivity index (χ4v) is 4.53. The molecule has 33 heavy (non-hydrogen) atoms. The molecule has 0 radical (unpaired) electrons. The lowest BCUT2D eigenvalue weighted by Gasteiger charge is -2.13. The number of rotatable bonds is 5. The quantitative estimate of drug-likeness (QED) is 0.216. The normalized spacial score (nSPS) is 11.7. The van der Waals surface area contributed by atoms with Crippen molar-refractivity contribution in [1.29, 1.82) is 0 Å². The zero-order valence-corrected chi connectivity index (χ0v) is 19.9. The van der Waals surface area contributed by atoms with Crippen LogP contribution in [-0.2, 0) is 10.0 Å². The van der Waals surface area contributed by atoms with Gasteiger partial charge in [-0.2, -0.15) is 0 Å². The molecule has 0 atom stereocenters. The first-order valence-corrected chi connectivity index (χ1v) is 12.1. The van der Waals surface area contributed by atoms with E-state index in [2.05, 4.69) is 30.9 Å². The number of anilines is 1. The van der Waals surface area contributed by atoms with Crippen LogP contribution in [0.25, 0.3) is 10.8 Å².